The molecule has 3 aromatic rings. The number of esters is 1. The van der Waals surface area contributed by atoms with Crippen molar-refractivity contribution in [3.05, 3.63) is 97.1 Å². The number of allylic oxidation sites excluding steroid dienone is 1. The van der Waals surface area contributed by atoms with Gasteiger partial charge in [-0.15, -0.1) is 0 Å². The number of aliphatic hydroxyl groups is 1. The highest BCUT2D eigenvalue weighted by molar-refractivity contribution is 9.10. The van der Waals surface area contributed by atoms with E-state index in [1.807, 2.05) is 18.2 Å². The number of nitrogens with one attached hydrogen (secondary N) is 3. The Balaban J connectivity index is 1.43. The van der Waals surface area contributed by atoms with E-state index in [1.165, 1.54) is 13.3 Å². The summed E-state index contributed by atoms with van der Waals surface area (Å²) in [6, 6.07) is 14.5. The van der Waals surface area contributed by atoms with Crippen LogP contribution in [-0.2, 0) is 16.1 Å². The molecule has 45 heavy (non-hydrogen) atoms. The highest BCUT2D eigenvalue weighted by Gasteiger charge is 2.32. The van der Waals surface area contributed by atoms with Crippen LogP contribution in [-0.4, -0.2) is 49.9 Å². The highest BCUT2D eigenvalue weighted by Crippen LogP contribution is 2.35. The van der Waals surface area contributed by atoms with Crippen LogP contribution in [0.25, 0.3) is 0 Å². The number of amides is 2. The van der Waals surface area contributed by atoms with Crippen LogP contribution in [0.3, 0.4) is 0 Å². The Morgan fingerprint density at radius 2 is 1.91 bits per heavy atom. The molecule has 11 nitrogen and oxygen atoms in total. The SMILES string of the molecule is CCOc1cc([C@@H]2NC(=O)NC(C)=C2C(=O)OC)ccc1OC[C@@H](O)N/N=C/c1cc(Cl)cc(Br)c1OCc1ccccc1Cl. The summed E-state index contributed by atoms with van der Waals surface area (Å²) >= 11 is 16.0. The van der Waals surface area contributed by atoms with Crippen LogP contribution in [0.4, 0.5) is 4.79 Å². The van der Waals surface area contributed by atoms with E-state index in [9.17, 15) is 14.7 Å². The summed E-state index contributed by atoms with van der Waals surface area (Å²) in [5, 5.41) is 21.0. The lowest BCUT2D eigenvalue weighted by Crippen LogP contribution is -2.45. The summed E-state index contributed by atoms with van der Waals surface area (Å²) in [7, 11) is 1.27. The molecule has 0 aromatic heterocycles. The molecule has 2 amide bonds. The lowest BCUT2D eigenvalue weighted by Gasteiger charge is -2.28. The second-order valence-electron chi connectivity index (χ2n) is 9.60. The summed E-state index contributed by atoms with van der Waals surface area (Å²) in [4.78, 5) is 24.6. The van der Waals surface area contributed by atoms with Gasteiger partial charge in [-0.2, -0.15) is 5.10 Å². The van der Waals surface area contributed by atoms with Crippen LogP contribution in [0.15, 0.2) is 75.4 Å². The zero-order valence-electron chi connectivity index (χ0n) is 24.5. The molecule has 4 N–H and O–H groups in total. The molecular weight excluding hydrogens is 691 g/mol. The Kier molecular flexibility index (Phi) is 11.9. The fraction of sp³-hybridized carbons (Fsp3) is 0.258. The molecule has 3 aromatic carbocycles. The van der Waals surface area contributed by atoms with Gasteiger partial charge >= 0.3 is 12.0 Å². The van der Waals surface area contributed by atoms with Crippen molar-refractivity contribution in [2.45, 2.75) is 32.7 Å². The third-order valence-corrected chi connectivity index (χ3v) is 7.64. The van der Waals surface area contributed by atoms with E-state index in [2.05, 4.69) is 37.1 Å². The summed E-state index contributed by atoms with van der Waals surface area (Å²) < 4.78 is 23.1. The number of ether oxygens (including phenoxy) is 4. The summed E-state index contributed by atoms with van der Waals surface area (Å²) in [5.74, 6) is 0.592. The van der Waals surface area contributed by atoms with Gasteiger partial charge in [-0.25, -0.2) is 9.59 Å². The minimum absolute atomic E-state index is 0.192. The summed E-state index contributed by atoms with van der Waals surface area (Å²) in [6.45, 7) is 3.77. The number of urea groups is 1. The molecule has 1 aliphatic rings. The van der Waals surface area contributed by atoms with Crippen molar-refractivity contribution in [2.75, 3.05) is 20.3 Å². The van der Waals surface area contributed by atoms with Gasteiger partial charge in [0, 0.05) is 26.9 Å². The van der Waals surface area contributed by atoms with Crippen LogP contribution < -0.4 is 30.3 Å². The molecule has 0 aliphatic carbocycles. The Hall–Kier alpha value is -3.97. The number of aliphatic hydroxyl groups excluding tert-OH is 1. The average molecular weight is 722 g/mol. The molecule has 0 spiro atoms. The van der Waals surface area contributed by atoms with E-state index in [0.717, 1.165) is 5.56 Å². The molecule has 14 heteroatoms. The molecular formula is C31H31BrCl2N4O7. The van der Waals surface area contributed by atoms with Crippen molar-refractivity contribution < 1.29 is 33.6 Å². The zero-order valence-corrected chi connectivity index (χ0v) is 27.6. The van der Waals surface area contributed by atoms with E-state index in [4.69, 9.17) is 42.1 Å². The van der Waals surface area contributed by atoms with E-state index < -0.39 is 24.3 Å². The number of hydrogen-bond donors (Lipinski definition) is 4. The number of methoxy groups -OCH3 is 1. The van der Waals surface area contributed by atoms with Gasteiger partial charge in [0.25, 0.3) is 0 Å². The standard InChI is InChI=1S/C31H31BrCl2N4O7/c1-4-43-25-12-18(28-27(30(40)42-3)17(2)36-31(41)37-28)9-10-24(25)44-16-26(39)38-35-14-20-11-21(33)13-22(32)29(20)45-15-19-7-5-6-8-23(19)34/h5-14,26,28,38-39H,4,15-16H2,1-3H3,(H2,36,37,41)/b35-14+/t26-,28+/m1/s1. The molecule has 0 radical (unpaired) electrons. The largest absolute Gasteiger partial charge is 0.490 e. The molecule has 0 fully saturated rings. The summed E-state index contributed by atoms with van der Waals surface area (Å²) in [5.41, 5.74) is 5.19. The highest BCUT2D eigenvalue weighted by atomic mass is 79.9. The monoisotopic (exact) mass is 720 g/mol. The minimum Gasteiger partial charge on any atom is -0.490 e. The second kappa shape index (κ2) is 15.8. The van der Waals surface area contributed by atoms with Crippen molar-refractivity contribution in [3.8, 4) is 17.2 Å². The van der Waals surface area contributed by atoms with Crippen LogP contribution in [0, 0.1) is 0 Å². The second-order valence-corrected chi connectivity index (χ2v) is 11.3. The molecule has 0 unspecified atom stereocenters. The van der Waals surface area contributed by atoms with Gasteiger partial charge in [0.05, 0.1) is 36.0 Å². The maximum absolute atomic E-state index is 12.5. The Bertz CT molecular complexity index is 1620. The number of hydrazone groups is 1. The first-order valence-corrected chi connectivity index (χ1v) is 15.2. The third-order valence-electron chi connectivity index (χ3n) is 6.47. The first-order chi connectivity index (χ1) is 21.6. The number of carbonyl (C=O) groups is 2. The van der Waals surface area contributed by atoms with Crippen LogP contribution in [0.1, 0.15) is 36.6 Å². The van der Waals surface area contributed by atoms with Gasteiger partial charge in [-0.05, 0) is 65.7 Å². The van der Waals surface area contributed by atoms with Crippen molar-refractivity contribution >= 4 is 57.3 Å². The van der Waals surface area contributed by atoms with E-state index >= 15 is 0 Å². The first kappa shape index (κ1) is 33.9. The van der Waals surface area contributed by atoms with Gasteiger partial charge in [-0.1, -0.05) is 47.5 Å². The molecule has 1 aliphatic heterocycles. The van der Waals surface area contributed by atoms with Gasteiger partial charge in [-0.3, -0.25) is 5.43 Å². The minimum atomic E-state index is -1.20. The van der Waals surface area contributed by atoms with Crippen molar-refractivity contribution in [3.63, 3.8) is 0 Å². The van der Waals surface area contributed by atoms with E-state index in [1.54, 1.807) is 50.2 Å². The number of nitrogens with zero attached hydrogens (tertiary/aromatic N) is 1. The topological polar surface area (TPSA) is 140 Å². The van der Waals surface area contributed by atoms with Gasteiger partial charge < -0.3 is 34.7 Å². The normalized spacial score (nSPS) is 15.3. The summed E-state index contributed by atoms with van der Waals surface area (Å²) in [6.07, 6.45) is 0.259. The van der Waals surface area contributed by atoms with E-state index in [0.29, 0.717) is 55.2 Å². The van der Waals surface area contributed by atoms with Gasteiger partial charge in [0.15, 0.2) is 17.7 Å². The molecule has 0 saturated carbocycles. The van der Waals surface area contributed by atoms with Crippen LogP contribution in [0.5, 0.6) is 17.2 Å². The maximum atomic E-state index is 12.5. The molecule has 1 heterocycles. The average Bonchev–Trinajstić information content (AvgIpc) is 3.00. The lowest BCUT2D eigenvalue weighted by molar-refractivity contribution is -0.136. The fourth-order valence-electron chi connectivity index (χ4n) is 4.41. The zero-order chi connectivity index (χ0) is 32.5. The van der Waals surface area contributed by atoms with Crippen molar-refractivity contribution in [2.24, 2.45) is 5.10 Å². The molecule has 238 valence electrons. The molecule has 4 rings (SSSR count). The molecule has 0 saturated heterocycles. The first-order valence-electron chi connectivity index (χ1n) is 13.7. The number of benzene rings is 3. The predicted molar refractivity (Wildman–Crippen MR) is 174 cm³/mol. The fourth-order valence-corrected chi connectivity index (χ4v) is 5.55. The third kappa shape index (κ3) is 8.82. The molecule has 2 atom stereocenters. The number of hydrogen-bond acceptors (Lipinski definition) is 9. The predicted octanol–water partition coefficient (Wildman–Crippen LogP) is 5.86. The molecule has 0 bridgehead atoms. The Labute approximate surface area is 278 Å². The maximum Gasteiger partial charge on any atom is 0.337 e. The van der Waals surface area contributed by atoms with Crippen LogP contribution in [0.2, 0.25) is 10.0 Å². The Morgan fingerprint density at radius 3 is 2.64 bits per heavy atom. The number of halogens is 3. The van der Waals surface area contributed by atoms with Gasteiger partial charge in [0.2, 0.25) is 0 Å². The van der Waals surface area contributed by atoms with Crippen LogP contribution >= 0.6 is 39.1 Å². The Morgan fingerprint density at radius 1 is 1.13 bits per heavy atom. The quantitative estimate of drug-likeness (QED) is 0.0746. The van der Waals surface area contributed by atoms with E-state index in [-0.39, 0.29) is 18.8 Å². The van der Waals surface area contributed by atoms with Crippen molar-refractivity contribution in [1.29, 1.82) is 0 Å². The van der Waals surface area contributed by atoms with Gasteiger partial charge in [0.1, 0.15) is 19.0 Å². The number of carbonyl (C=O) groups excluding carboxylic acids is 2. The number of rotatable bonds is 13. The lowest BCUT2D eigenvalue weighted by atomic mass is 9.95. The smallest absolute Gasteiger partial charge is 0.337 e. The van der Waals surface area contributed by atoms with Crippen molar-refractivity contribution in [1.82, 2.24) is 16.1 Å².